The van der Waals surface area contributed by atoms with E-state index in [1.807, 2.05) is 38.6 Å². The smallest absolute Gasteiger partial charge is 0.324 e. The van der Waals surface area contributed by atoms with Gasteiger partial charge in [0, 0.05) is 68.7 Å². The zero-order chi connectivity index (χ0) is 29.2. The number of benzene rings is 1. The third kappa shape index (κ3) is 5.74. The number of ether oxygens (including phenoxy) is 3. The number of urea groups is 1. The quantitative estimate of drug-likeness (QED) is 0.287. The first-order valence-corrected chi connectivity index (χ1v) is 15.3. The highest BCUT2D eigenvalue weighted by Gasteiger charge is 2.40. The van der Waals surface area contributed by atoms with E-state index in [1.54, 1.807) is 24.4 Å². The molecule has 4 aliphatic heterocycles. The topological polar surface area (TPSA) is 89.4 Å². The zero-order valence-corrected chi connectivity index (χ0v) is 25.0. The number of fused-ring (bicyclic) bond motifs is 3. The molecule has 1 aromatic carbocycles. The Morgan fingerprint density at radius 3 is 2.71 bits per heavy atom. The Hall–Kier alpha value is -3.50. The van der Waals surface area contributed by atoms with E-state index in [2.05, 4.69) is 11.9 Å². The molecule has 0 N–H and O–H groups in total. The van der Waals surface area contributed by atoms with Gasteiger partial charge < -0.3 is 28.6 Å². The second-order valence-corrected chi connectivity index (χ2v) is 11.7. The van der Waals surface area contributed by atoms with E-state index < -0.39 is 0 Å². The number of rotatable bonds is 11. The Labute approximate surface area is 251 Å². The zero-order valence-electron chi connectivity index (χ0n) is 24.3. The Morgan fingerprint density at radius 2 is 1.95 bits per heavy atom. The van der Waals surface area contributed by atoms with Crippen LogP contribution in [0, 0.1) is 0 Å². The van der Waals surface area contributed by atoms with E-state index in [-0.39, 0.29) is 30.7 Å². The molecule has 11 heteroatoms. The van der Waals surface area contributed by atoms with Crippen molar-refractivity contribution in [3.63, 3.8) is 0 Å². The molecular formula is C31H38ClN5O5. The fraction of sp³-hybridized carbons (Fsp3) is 0.516. The number of hydrogen-bond acceptors (Lipinski definition) is 6. The van der Waals surface area contributed by atoms with Gasteiger partial charge in [-0.1, -0.05) is 31.4 Å². The molecule has 7 rings (SSSR count). The lowest BCUT2D eigenvalue weighted by Gasteiger charge is -2.47. The minimum atomic E-state index is -0.0788. The summed E-state index contributed by atoms with van der Waals surface area (Å²) in [4.78, 5) is 36.9. The molecule has 224 valence electrons. The largest absolute Gasteiger partial charge is 0.493 e. The van der Waals surface area contributed by atoms with Gasteiger partial charge in [0.15, 0.2) is 11.5 Å². The van der Waals surface area contributed by atoms with Gasteiger partial charge in [-0.25, -0.2) is 9.78 Å². The van der Waals surface area contributed by atoms with Crippen molar-refractivity contribution < 1.29 is 23.8 Å². The van der Waals surface area contributed by atoms with Crippen LogP contribution in [0.2, 0.25) is 5.02 Å². The first-order valence-electron chi connectivity index (χ1n) is 14.9. The van der Waals surface area contributed by atoms with Gasteiger partial charge >= 0.3 is 6.03 Å². The van der Waals surface area contributed by atoms with Crippen molar-refractivity contribution in [2.24, 2.45) is 0 Å². The first-order chi connectivity index (χ1) is 20.4. The van der Waals surface area contributed by atoms with E-state index in [1.165, 1.54) is 0 Å². The summed E-state index contributed by atoms with van der Waals surface area (Å²) in [5, 5.41) is 1.29. The number of anilines is 1. The number of halogens is 1. The Morgan fingerprint density at radius 1 is 1.14 bits per heavy atom. The van der Waals surface area contributed by atoms with Gasteiger partial charge in [0.05, 0.1) is 30.9 Å². The maximum absolute atomic E-state index is 13.7. The van der Waals surface area contributed by atoms with Crippen molar-refractivity contribution >= 4 is 40.3 Å². The number of carbonyl (C=O) groups is 2. The molecule has 6 heterocycles. The van der Waals surface area contributed by atoms with Crippen LogP contribution in [0.4, 0.5) is 10.5 Å². The average Bonchev–Trinajstić information content (AvgIpc) is 3.31. The number of aromatic nitrogens is 2. The van der Waals surface area contributed by atoms with Crippen LogP contribution in [0.15, 0.2) is 36.7 Å². The predicted octanol–water partition coefficient (Wildman–Crippen LogP) is 5.10. The first kappa shape index (κ1) is 28.6. The SMILES string of the molecule is CCCCCOc1cc(N2CCCN(Cc3ccnc4c3c(Cl)cn4CC(=O)N3CC4CC(C3)O4)C2=O)ccc1OC. The van der Waals surface area contributed by atoms with Crippen LogP contribution in [-0.4, -0.2) is 83.4 Å². The standard InChI is InChI=1S/C31H38ClN5O5/c1-3-4-5-13-41-27-14-22(7-8-26(27)40-2)37-12-6-11-34(31(37)39)16-21-9-10-33-30-29(21)25(32)19-36(30)20-28(38)35-17-23-15-24(18-35)42-23/h7-10,14,19,23-24H,3-6,11-13,15-18,20H2,1-2H3. The van der Waals surface area contributed by atoms with Crippen molar-refractivity contribution in [1.29, 1.82) is 0 Å². The molecule has 42 heavy (non-hydrogen) atoms. The number of amides is 3. The van der Waals surface area contributed by atoms with Crippen LogP contribution in [-0.2, 0) is 22.6 Å². The van der Waals surface area contributed by atoms with Gasteiger partial charge in [-0.2, -0.15) is 0 Å². The minimum Gasteiger partial charge on any atom is -0.493 e. The number of morpholine rings is 1. The van der Waals surface area contributed by atoms with Crippen molar-refractivity contribution in [2.45, 2.75) is 64.3 Å². The molecule has 0 saturated carbocycles. The summed E-state index contributed by atoms with van der Waals surface area (Å²) in [6.07, 6.45) is 8.85. The van der Waals surface area contributed by atoms with Crippen LogP contribution < -0.4 is 14.4 Å². The highest BCUT2D eigenvalue weighted by atomic mass is 35.5. The number of methoxy groups -OCH3 is 1. The van der Waals surface area contributed by atoms with E-state index in [0.717, 1.165) is 48.7 Å². The van der Waals surface area contributed by atoms with E-state index in [4.69, 9.17) is 25.8 Å². The third-order valence-corrected chi connectivity index (χ3v) is 8.64. The molecule has 2 atom stereocenters. The Kier molecular flexibility index (Phi) is 8.44. The normalized spacial score (nSPS) is 20.2. The molecule has 4 saturated heterocycles. The van der Waals surface area contributed by atoms with Crippen LogP contribution in [0.5, 0.6) is 11.5 Å². The molecular weight excluding hydrogens is 558 g/mol. The number of piperidine rings is 1. The maximum atomic E-state index is 13.7. The van der Waals surface area contributed by atoms with Gasteiger partial charge in [0.2, 0.25) is 5.91 Å². The third-order valence-electron chi connectivity index (χ3n) is 8.35. The predicted molar refractivity (Wildman–Crippen MR) is 160 cm³/mol. The molecule has 4 fully saturated rings. The summed E-state index contributed by atoms with van der Waals surface area (Å²) in [7, 11) is 1.62. The van der Waals surface area contributed by atoms with Gasteiger partial charge in [-0.05, 0) is 36.6 Å². The lowest BCUT2D eigenvalue weighted by molar-refractivity contribution is -0.188. The molecule has 10 nitrogen and oxygen atoms in total. The fourth-order valence-electron chi connectivity index (χ4n) is 6.14. The van der Waals surface area contributed by atoms with Crippen molar-refractivity contribution in [1.82, 2.24) is 19.4 Å². The number of unbranched alkanes of at least 4 members (excludes halogenated alkanes) is 2. The van der Waals surface area contributed by atoms with Crippen LogP contribution in [0.3, 0.4) is 0 Å². The number of nitrogens with zero attached hydrogens (tertiary/aromatic N) is 5. The van der Waals surface area contributed by atoms with E-state index in [0.29, 0.717) is 61.5 Å². The lowest BCUT2D eigenvalue weighted by atomic mass is 9.99. The Balaban J connectivity index is 1.18. The molecule has 0 radical (unpaired) electrons. The summed E-state index contributed by atoms with van der Waals surface area (Å²) < 4.78 is 19.0. The van der Waals surface area contributed by atoms with E-state index in [9.17, 15) is 9.59 Å². The van der Waals surface area contributed by atoms with Crippen molar-refractivity contribution in [3.05, 3.63) is 47.2 Å². The van der Waals surface area contributed by atoms with Gasteiger partial charge in [-0.15, -0.1) is 0 Å². The summed E-state index contributed by atoms with van der Waals surface area (Å²) in [6.45, 7) is 5.82. The molecule has 2 aromatic heterocycles. The monoisotopic (exact) mass is 595 g/mol. The molecule has 3 aromatic rings. The maximum Gasteiger partial charge on any atom is 0.324 e. The van der Waals surface area contributed by atoms with Crippen LogP contribution >= 0.6 is 11.6 Å². The number of hydrogen-bond donors (Lipinski definition) is 0. The average molecular weight is 596 g/mol. The van der Waals surface area contributed by atoms with Crippen LogP contribution in [0.1, 0.15) is 44.6 Å². The van der Waals surface area contributed by atoms with Gasteiger partial charge in [0.25, 0.3) is 0 Å². The number of pyridine rings is 1. The summed E-state index contributed by atoms with van der Waals surface area (Å²) in [6, 6.07) is 7.47. The number of carbonyl (C=O) groups excluding carboxylic acids is 2. The summed E-state index contributed by atoms with van der Waals surface area (Å²) in [5.74, 6) is 1.33. The molecule has 2 unspecified atom stereocenters. The lowest BCUT2D eigenvalue weighted by Crippen LogP contribution is -2.59. The molecule has 0 aliphatic carbocycles. The molecule has 2 bridgehead atoms. The second-order valence-electron chi connectivity index (χ2n) is 11.3. The minimum absolute atomic E-state index is 0.0313. The highest BCUT2D eigenvalue weighted by molar-refractivity contribution is 6.35. The molecule has 0 spiro atoms. The fourth-order valence-corrected chi connectivity index (χ4v) is 6.46. The van der Waals surface area contributed by atoms with Crippen molar-refractivity contribution in [2.75, 3.05) is 44.8 Å². The summed E-state index contributed by atoms with van der Waals surface area (Å²) >= 11 is 6.72. The summed E-state index contributed by atoms with van der Waals surface area (Å²) in [5.41, 5.74) is 2.32. The highest BCUT2D eigenvalue weighted by Crippen LogP contribution is 2.35. The van der Waals surface area contributed by atoms with Gasteiger partial charge in [0.1, 0.15) is 12.2 Å². The second kappa shape index (κ2) is 12.4. The van der Waals surface area contributed by atoms with Crippen molar-refractivity contribution in [3.8, 4) is 11.5 Å². The molecule has 3 amide bonds. The van der Waals surface area contributed by atoms with E-state index >= 15 is 0 Å². The molecule has 4 aliphatic rings. The van der Waals surface area contributed by atoms with Crippen LogP contribution in [0.25, 0.3) is 11.0 Å². The Bertz CT molecular complexity index is 1440. The van der Waals surface area contributed by atoms with Gasteiger partial charge in [-0.3, -0.25) is 9.69 Å².